The Bertz CT molecular complexity index is 2310. The van der Waals surface area contributed by atoms with Crippen LogP contribution in [0.2, 0.25) is 5.28 Å². The number of halogens is 1. The van der Waals surface area contributed by atoms with Crippen LogP contribution >= 0.6 is 11.6 Å². The molecule has 4 heteroatoms. The molecule has 0 aliphatic carbocycles. The monoisotopic (exact) mass is 569 g/mol. The van der Waals surface area contributed by atoms with Crippen LogP contribution in [0.15, 0.2) is 146 Å². The molecule has 0 aliphatic rings. The molecule has 0 fully saturated rings. The normalized spacial score (nSPS) is 11.4. The van der Waals surface area contributed by atoms with Crippen LogP contribution in [0, 0.1) is 0 Å². The van der Waals surface area contributed by atoms with Gasteiger partial charge in [0.05, 0.1) is 0 Å². The smallest absolute Gasteiger partial charge is 0.208 e. The van der Waals surface area contributed by atoms with E-state index >= 15 is 0 Å². The van der Waals surface area contributed by atoms with E-state index in [0.717, 1.165) is 38.2 Å². The maximum atomic E-state index is 6.49. The van der Waals surface area contributed by atoms with Crippen molar-refractivity contribution in [2.45, 2.75) is 0 Å². The maximum Gasteiger partial charge on any atom is 0.226 e. The largest absolute Gasteiger partial charge is 0.226 e. The summed E-state index contributed by atoms with van der Waals surface area (Å²) in [7, 11) is 0. The summed E-state index contributed by atoms with van der Waals surface area (Å²) in [5.74, 6) is 1.10. The molecular formula is C39H24ClN3. The molecule has 0 spiro atoms. The first-order valence-corrected chi connectivity index (χ1v) is 14.6. The first-order valence-electron chi connectivity index (χ1n) is 14.2. The Morgan fingerprint density at radius 2 is 0.884 bits per heavy atom. The minimum absolute atomic E-state index is 0.169. The third kappa shape index (κ3) is 4.70. The van der Waals surface area contributed by atoms with Crippen LogP contribution in [0.1, 0.15) is 0 Å². The number of hydrogen-bond donors (Lipinski definition) is 0. The lowest BCUT2D eigenvalue weighted by molar-refractivity contribution is 1.07. The molecule has 43 heavy (non-hydrogen) atoms. The van der Waals surface area contributed by atoms with E-state index in [2.05, 4.69) is 143 Å². The number of benzene rings is 7. The molecule has 1 heterocycles. The van der Waals surface area contributed by atoms with Crippen LogP contribution in [0.5, 0.6) is 0 Å². The van der Waals surface area contributed by atoms with E-state index in [-0.39, 0.29) is 5.28 Å². The Labute approximate surface area is 254 Å². The van der Waals surface area contributed by atoms with Gasteiger partial charge in [0.15, 0.2) is 11.6 Å². The predicted octanol–water partition coefficient (Wildman–Crippen LogP) is 10.7. The summed E-state index contributed by atoms with van der Waals surface area (Å²) in [6.45, 7) is 0. The highest BCUT2D eigenvalue weighted by atomic mass is 35.5. The fraction of sp³-hybridized carbons (Fsp3) is 0. The molecule has 0 radical (unpaired) electrons. The highest BCUT2D eigenvalue weighted by Crippen LogP contribution is 2.34. The molecule has 0 atom stereocenters. The van der Waals surface area contributed by atoms with Crippen LogP contribution in [0.3, 0.4) is 0 Å². The van der Waals surface area contributed by atoms with Crippen molar-refractivity contribution in [2.24, 2.45) is 0 Å². The SMILES string of the molecule is Clc1nc(-c2ccc3cc(-c4cccc5ccccc45)ccc3c2)nc(-c2ccc3cccc(-c4ccccc4)c3c2)n1. The molecule has 0 bridgehead atoms. The molecule has 7 aromatic carbocycles. The first kappa shape index (κ1) is 25.3. The van der Waals surface area contributed by atoms with Gasteiger partial charge in [-0.2, -0.15) is 9.97 Å². The third-order valence-corrected chi connectivity index (χ3v) is 8.20. The van der Waals surface area contributed by atoms with Crippen molar-refractivity contribution >= 4 is 43.9 Å². The summed E-state index contributed by atoms with van der Waals surface area (Å²) in [5, 5.41) is 7.21. The van der Waals surface area contributed by atoms with Crippen molar-refractivity contribution in [1.29, 1.82) is 0 Å². The zero-order chi connectivity index (χ0) is 28.8. The maximum absolute atomic E-state index is 6.49. The zero-order valence-corrected chi connectivity index (χ0v) is 23.8. The molecule has 0 aliphatic heterocycles. The second-order valence-electron chi connectivity index (χ2n) is 10.7. The fourth-order valence-electron chi connectivity index (χ4n) is 5.92. The summed E-state index contributed by atoms with van der Waals surface area (Å²) >= 11 is 6.49. The molecular weight excluding hydrogens is 546 g/mol. The second kappa shape index (κ2) is 10.5. The topological polar surface area (TPSA) is 38.7 Å². The molecule has 8 rings (SSSR count). The summed E-state index contributed by atoms with van der Waals surface area (Å²) in [6.07, 6.45) is 0. The summed E-state index contributed by atoms with van der Waals surface area (Å²) in [5.41, 5.74) is 6.53. The summed E-state index contributed by atoms with van der Waals surface area (Å²) < 4.78 is 0. The van der Waals surface area contributed by atoms with Crippen molar-refractivity contribution in [1.82, 2.24) is 15.0 Å². The van der Waals surface area contributed by atoms with Crippen LogP contribution in [0.4, 0.5) is 0 Å². The Morgan fingerprint density at radius 1 is 0.349 bits per heavy atom. The Balaban J connectivity index is 1.19. The van der Waals surface area contributed by atoms with Gasteiger partial charge in [-0.15, -0.1) is 0 Å². The Morgan fingerprint density at radius 3 is 1.63 bits per heavy atom. The van der Waals surface area contributed by atoms with E-state index in [1.54, 1.807) is 0 Å². The molecule has 3 nitrogen and oxygen atoms in total. The van der Waals surface area contributed by atoms with Gasteiger partial charge in [-0.05, 0) is 84.4 Å². The first-order chi connectivity index (χ1) is 21.2. The molecule has 0 amide bonds. The van der Waals surface area contributed by atoms with Gasteiger partial charge >= 0.3 is 0 Å². The van der Waals surface area contributed by atoms with Crippen LogP contribution in [-0.4, -0.2) is 15.0 Å². The van der Waals surface area contributed by atoms with Gasteiger partial charge in [-0.3, -0.25) is 0 Å². The molecule has 202 valence electrons. The number of rotatable bonds is 4. The average molecular weight is 570 g/mol. The van der Waals surface area contributed by atoms with Crippen molar-refractivity contribution in [2.75, 3.05) is 0 Å². The lowest BCUT2D eigenvalue weighted by atomic mass is 9.95. The predicted molar refractivity (Wildman–Crippen MR) is 179 cm³/mol. The van der Waals surface area contributed by atoms with Gasteiger partial charge in [0.2, 0.25) is 5.28 Å². The summed E-state index contributed by atoms with van der Waals surface area (Å²) in [6, 6.07) is 50.9. The van der Waals surface area contributed by atoms with Gasteiger partial charge in [-0.25, -0.2) is 4.98 Å². The van der Waals surface area contributed by atoms with Gasteiger partial charge < -0.3 is 0 Å². The molecule has 1 aromatic heterocycles. The highest BCUT2D eigenvalue weighted by Gasteiger charge is 2.13. The van der Waals surface area contributed by atoms with Crippen molar-refractivity contribution in [3.05, 3.63) is 151 Å². The van der Waals surface area contributed by atoms with Gasteiger partial charge in [-0.1, -0.05) is 127 Å². The number of aromatic nitrogens is 3. The quantitative estimate of drug-likeness (QED) is 0.211. The van der Waals surface area contributed by atoms with Crippen molar-refractivity contribution < 1.29 is 0 Å². The lowest BCUT2D eigenvalue weighted by Crippen LogP contribution is -1.97. The lowest BCUT2D eigenvalue weighted by Gasteiger charge is -2.11. The molecule has 0 unspecified atom stereocenters. The minimum atomic E-state index is 0.169. The van der Waals surface area contributed by atoms with E-state index in [1.165, 1.54) is 27.5 Å². The van der Waals surface area contributed by atoms with E-state index in [4.69, 9.17) is 16.6 Å². The van der Waals surface area contributed by atoms with Crippen LogP contribution in [-0.2, 0) is 0 Å². The third-order valence-electron chi connectivity index (χ3n) is 8.03. The standard InChI is InChI=1S/C39H24ClN3/c40-39-42-37(41-38(43-39)32-20-16-27-12-7-14-34(36(27)24-32)25-8-2-1-3-9-25)31-21-18-28-22-30(19-17-29(28)23-31)35-15-6-11-26-10-4-5-13-33(26)35/h1-24H. The number of fused-ring (bicyclic) bond motifs is 3. The fourth-order valence-corrected chi connectivity index (χ4v) is 6.08. The van der Waals surface area contributed by atoms with Crippen molar-refractivity contribution in [3.8, 4) is 45.0 Å². The Kier molecular flexibility index (Phi) is 6.17. The van der Waals surface area contributed by atoms with Crippen LogP contribution < -0.4 is 0 Å². The van der Waals surface area contributed by atoms with Crippen molar-refractivity contribution in [3.63, 3.8) is 0 Å². The average Bonchev–Trinajstić information content (AvgIpc) is 3.07. The van der Waals surface area contributed by atoms with E-state index in [9.17, 15) is 0 Å². The van der Waals surface area contributed by atoms with E-state index in [0.29, 0.717) is 11.6 Å². The van der Waals surface area contributed by atoms with Gasteiger partial charge in [0, 0.05) is 11.1 Å². The number of nitrogens with zero attached hydrogens (tertiary/aromatic N) is 3. The van der Waals surface area contributed by atoms with Crippen LogP contribution in [0.25, 0.3) is 77.3 Å². The molecule has 0 saturated carbocycles. The molecule has 0 N–H and O–H groups in total. The molecule has 0 saturated heterocycles. The zero-order valence-electron chi connectivity index (χ0n) is 23.1. The Hall–Kier alpha value is -5.38. The minimum Gasteiger partial charge on any atom is -0.208 e. The summed E-state index contributed by atoms with van der Waals surface area (Å²) in [4.78, 5) is 13.9. The highest BCUT2D eigenvalue weighted by molar-refractivity contribution is 6.28. The van der Waals surface area contributed by atoms with E-state index < -0.39 is 0 Å². The number of hydrogen-bond acceptors (Lipinski definition) is 3. The van der Waals surface area contributed by atoms with E-state index in [1.807, 2.05) is 12.1 Å². The molecule has 8 aromatic rings. The second-order valence-corrected chi connectivity index (χ2v) is 11.0. The van der Waals surface area contributed by atoms with Gasteiger partial charge in [0.25, 0.3) is 0 Å². The van der Waals surface area contributed by atoms with Gasteiger partial charge in [0.1, 0.15) is 0 Å².